The minimum atomic E-state index is -1.43. The van der Waals surface area contributed by atoms with Gasteiger partial charge in [-0.15, -0.1) is 0 Å². The van der Waals surface area contributed by atoms with Crippen molar-refractivity contribution in [1.29, 1.82) is 0 Å². The fraction of sp³-hybridized carbons (Fsp3) is 0.268. The summed E-state index contributed by atoms with van der Waals surface area (Å²) in [6.07, 6.45) is 3.70. The number of alkyl carbamates (subject to hydrolysis) is 1. The lowest BCUT2D eigenvalue weighted by Gasteiger charge is -2.27. The Bertz CT molecular complexity index is 2900. The molecule has 74 heavy (non-hydrogen) atoms. The molecule has 384 valence electrons. The van der Waals surface area contributed by atoms with E-state index >= 15 is 0 Å². The second-order valence-corrected chi connectivity index (χ2v) is 17.5. The highest BCUT2D eigenvalue weighted by Gasteiger charge is 2.33. The molecule has 0 aliphatic carbocycles. The van der Waals surface area contributed by atoms with Gasteiger partial charge in [-0.1, -0.05) is 121 Å². The summed E-state index contributed by atoms with van der Waals surface area (Å²) in [5.41, 5.74) is 5.17. The van der Waals surface area contributed by atoms with Crippen molar-refractivity contribution in [2.45, 2.75) is 83.1 Å². The Hall–Kier alpha value is -8.77. The number of carbonyl (C=O) groups excluding carboxylic acids is 6. The van der Waals surface area contributed by atoms with Crippen LogP contribution >= 0.6 is 0 Å². The van der Waals surface area contributed by atoms with Gasteiger partial charge in [0.1, 0.15) is 49.2 Å². The molecule has 0 spiro atoms. The van der Waals surface area contributed by atoms with E-state index in [-0.39, 0.29) is 39.1 Å². The van der Waals surface area contributed by atoms with E-state index in [1.54, 1.807) is 49.5 Å². The van der Waals surface area contributed by atoms with Crippen molar-refractivity contribution in [1.82, 2.24) is 46.9 Å². The molecule has 0 aliphatic heterocycles. The topological polar surface area (TPSA) is 247 Å². The van der Waals surface area contributed by atoms with Gasteiger partial charge in [-0.25, -0.2) is 9.78 Å². The number of imidazole rings is 1. The SMILES string of the molecule is CCNC(=O)[C@H](C)NC(=O)[C@@H](Cc1c[nH]c2ccccc12)NC(=O)[C@@H](COCc1ccccc1)NC(=O)[C@@H](Cc1ccc(OCc2ccccc2)cc1)NC(=O)[C@@H](Cc1cnc[nH]1)NC(=O)OCc1ccccc1. The van der Waals surface area contributed by atoms with Crippen molar-refractivity contribution in [3.8, 4) is 5.75 Å². The number of amides is 6. The number of aromatic nitrogens is 3. The maximum atomic E-state index is 14.8. The number of likely N-dealkylation sites (N-methyl/N-ethyl adjacent to an activating group) is 1. The molecular formula is C56H61N9O9. The molecule has 0 unspecified atom stereocenters. The van der Waals surface area contributed by atoms with E-state index in [0.29, 0.717) is 35.7 Å². The normalized spacial score (nSPS) is 13.0. The number of hydrogen-bond acceptors (Lipinski definition) is 10. The van der Waals surface area contributed by atoms with Crippen molar-refractivity contribution < 1.29 is 43.0 Å². The molecule has 0 bridgehead atoms. The van der Waals surface area contributed by atoms with Crippen LogP contribution in [0.25, 0.3) is 10.9 Å². The van der Waals surface area contributed by atoms with Gasteiger partial charge in [-0.3, -0.25) is 24.0 Å². The molecule has 0 radical (unpaired) electrons. The minimum Gasteiger partial charge on any atom is -0.489 e. The highest BCUT2D eigenvalue weighted by molar-refractivity contribution is 5.97. The number of carbonyl (C=O) groups is 6. The second-order valence-electron chi connectivity index (χ2n) is 17.5. The van der Waals surface area contributed by atoms with Crippen LogP contribution < -0.4 is 36.6 Å². The van der Waals surface area contributed by atoms with Crippen LogP contribution in [0.2, 0.25) is 0 Å². The predicted molar refractivity (Wildman–Crippen MR) is 277 cm³/mol. The lowest BCUT2D eigenvalue weighted by Crippen LogP contribution is -2.60. The van der Waals surface area contributed by atoms with Gasteiger partial charge in [-0.2, -0.15) is 0 Å². The molecule has 2 aromatic heterocycles. The summed E-state index contributed by atoms with van der Waals surface area (Å²) in [6, 6.07) is 36.2. The summed E-state index contributed by atoms with van der Waals surface area (Å²) in [5.74, 6) is -2.78. The molecule has 18 heteroatoms. The molecule has 0 saturated heterocycles. The van der Waals surface area contributed by atoms with Gasteiger partial charge < -0.3 is 56.1 Å². The summed E-state index contributed by atoms with van der Waals surface area (Å²) in [5, 5.41) is 17.3. The highest BCUT2D eigenvalue weighted by atomic mass is 16.5. The summed E-state index contributed by atoms with van der Waals surface area (Å²) in [4.78, 5) is 94.3. The number of nitrogens with zero attached hydrogens (tertiary/aromatic N) is 1. The third kappa shape index (κ3) is 16.1. The number of para-hydroxylation sites is 1. The monoisotopic (exact) mass is 1000 g/mol. The zero-order valence-electron chi connectivity index (χ0n) is 41.2. The first-order chi connectivity index (χ1) is 36.0. The van der Waals surface area contributed by atoms with Crippen LogP contribution in [0.4, 0.5) is 4.79 Å². The third-order valence-electron chi connectivity index (χ3n) is 11.9. The molecule has 0 fully saturated rings. The van der Waals surface area contributed by atoms with Gasteiger partial charge in [0.2, 0.25) is 29.5 Å². The summed E-state index contributed by atoms with van der Waals surface area (Å²) >= 11 is 0. The lowest BCUT2D eigenvalue weighted by atomic mass is 10.0. The number of nitrogens with one attached hydrogen (secondary N) is 8. The molecule has 5 atom stereocenters. The Labute approximate surface area is 428 Å². The van der Waals surface area contributed by atoms with Crippen molar-refractivity contribution in [3.05, 3.63) is 192 Å². The molecule has 0 aliphatic rings. The Morgan fingerprint density at radius 2 is 1.09 bits per heavy atom. The molecule has 2 heterocycles. The Morgan fingerprint density at radius 1 is 0.541 bits per heavy atom. The van der Waals surface area contributed by atoms with Gasteiger partial charge in [-0.05, 0) is 59.9 Å². The fourth-order valence-electron chi connectivity index (χ4n) is 7.95. The van der Waals surface area contributed by atoms with Crippen LogP contribution in [0.15, 0.2) is 158 Å². The number of aromatic amines is 2. The lowest BCUT2D eigenvalue weighted by molar-refractivity contribution is -0.135. The average Bonchev–Trinajstić information content (AvgIpc) is 4.10. The number of hydrogen-bond donors (Lipinski definition) is 8. The van der Waals surface area contributed by atoms with Crippen LogP contribution in [0.3, 0.4) is 0 Å². The molecule has 18 nitrogen and oxygen atoms in total. The first kappa shape index (κ1) is 53.0. The Balaban J connectivity index is 1.15. The Morgan fingerprint density at radius 3 is 1.73 bits per heavy atom. The first-order valence-electron chi connectivity index (χ1n) is 24.4. The molecule has 6 amide bonds. The largest absolute Gasteiger partial charge is 0.489 e. The summed E-state index contributed by atoms with van der Waals surface area (Å²) in [6.45, 7) is 3.63. The fourth-order valence-corrected chi connectivity index (χ4v) is 7.95. The van der Waals surface area contributed by atoms with Crippen LogP contribution in [0.1, 0.15) is 47.4 Å². The van der Waals surface area contributed by atoms with Crippen LogP contribution in [0, 0.1) is 0 Å². The van der Waals surface area contributed by atoms with Gasteiger partial charge in [0.25, 0.3) is 0 Å². The van der Waals surface area contributed by atoms with E-state index in [9.17, 15) is 28.8 Å². The van der Waals surface area contributed by atoms with Gasteiger partial charge >= 0.3 is 6.09 Å². The second kappa shape index (κ2) is 27.2. The van der Waals surface area contributed by atoms with E-state index in [0.717, 1.165) is 27.6 Å². The molecule has 7 rings (SSSR count). The zero-order chi connectivity index (χ0) is 52.1. The maximum absolute atomic E-state index is 14.8. The summed E-state index contributed by atoms with van der Waals surface area (Å²) < 4.78 is 17.6. The van der Waals surface area contributed by atoms with E-state index in [1.807, 2.05) is 103 Å². The minimum absolute atomic E-state index is 0.0114. The van der Waals surface area contributed by atoms with Gasteiger partial charge in [0, 0.05) is 54.8 Å². The van der Waals surface area contributed by atoms with E-state index in [1.165, 1.54) is 19.4 Å². The molecule has 7 aromatic rings. The standard InChI is InChI=1S/C56H61N9O9/c1-3-58-51(66)37(2)61-52(67)48(28-42-30-59-46-22-14-13-21-45(42)46)63-55(70)50(35-72-32-39-15-7-4-8-16-39)64-53(68)47(27-38-23-25-44(26-24-38)73-33-40-17-9-5-10-18-40)62-54(69)49(29-43-31-57-36-60-43)65-56(71)74-34-41-19-11-6-12-20-41/h4-26,30-31,36-37,47-50,59H,3,27-29,32-35H2,1-2H3,(H,57,60)(H,58,66)(H,61,67)(H,62,69)(H,63,70)(H,64,68)(H,65,71)/t37-,47+,48+,49+,50+/m0/s1. The first-order valence-corrected chi connectivity index (χ1v) is 24.4. The van der Waals surface area contributed by atoms with E-state index in [2.05, 4.69) is 46.9 Å². The number of rotatable bonds is 26. The number of benzene rings is 5. The number of fused-ring (bicyclic) bond motifs is 1. The predicted octanol–water partition coefficient (Wildman–Crippen LogP) is 5.10. The smallest absolute Gasteiger partial charge is 0.408 e. The van der Waals surface area contributed by atoms with E-state index < -0.39 is 65.8 Å². The highest BCUT2D eigenvalue weighted by Crippen LogP contribution is 2.20. The van der Waals surface area contributed by atoms with Crippen molar-refractivity contribution in [2.24, 2.45) is 0 Å². The Kier molecular flexibility index (Phi) is 19.5. The third-order valence-corrected chi connectivity index (χ3v) is 11.9. The molecule has 5 aromatic carbocycles. The molecule has 8 N–H and O–H groups in total. The van der Waals surface area contributed by atoms with Gasteiger partial charge in [0.05, 0.1) is 19.5 Å². The molecule has 0 saturated carbocycles. The zero-order valence-corrected chi connectivity index (χ0v) is 41.2. The average molecular weight is 1000 g/mol. The van der Waals surface area contributed by atoms with E-state index in [4.69, 9.17) is 14.2 Å². The van der Waals surface area contributed by atoms with Crippen LogP contribution in [0.5, 0.6) is 5.75 Å². The molecular weight excluding hydrogens is 943 g/mol. The summed E-state index contributed by atoms with van der Waals surface area (Å²) in [7, 11) is 0. The number of H-pyrrole nitrogens is 2. The van der Waals surface area contributed by atoms with Crippen molar-refractivity contribution in [2.75, 3.05) is 13.2 Å². The van der Waals surface area contributed by atoms with Crippen molar-refractivity contribution >= 4 is 46.5 Å². The van der Waals surface area contributed by atoms with Crippen molar-refractivity contribution in [3.63, 3.8) is 0 Å². The maximum Gasteiger partial charge on any atom is 0.408 e. The number of ether oxygens (including phenoxy) is 3. The quantitative estimate of drug-likeness (QED) is 0.0357. The van der Waals surface area contributed by atoms with Crippen LogP contribution in [-0.4, -0.2) is 93.9 Å². The van der Waals surface area contributed by atoms with Crippen LogP contribution in [-0.2, 0) is 72.5 Å². The van der Waals surface area contributed by atoms with Gasteiger partial charge in [0.15, 0.2) is 0 Å².